The summed E-state index contributed by atoms with van der Waals surface area (Å²) in [6.07, 6.45) is 5.64. The first kappa shape index (κ1) is 48.7. The predicted molar refractivity (Wildman–Crippen MR) is 269 cm³/mol. The summed E-state index contributed by atoms with van der Waals surface area (Å²) in [7, 11) is 0. The van der Waals surface area contributed by atoms with Crippen molar-refractivity contribution in [2.75, 3.05) is 0 Å². The molecule has 0 atom stereocenters. The van der Waals surface area contributed by atoms with Crippen LogP contribution < -0.4 is 0 Å². The molecule has 0 aliphatic heterocycles. The van der Waals surface area contributed by atoms with Crippen molar-refractivity contribution in [2.45, 2.75) is 122 Å². The number of benzene rings is 6. The molecule has 66 heavy (non-hydrogen) atoms. The highest BCUT2D eigenvalue weighted by molar-refractivity contribution is 5.80. The normalized spacial score (nSPS) is 12.8. The zero-order chi connectivity index (χ0) is 48.3. The van der Waals surface area contributed by atoms with Gasteiger partial charge in [0.1, 0.15) is 0 Å². The summed E-state index contributed by atoms with van der Waals surface area (Å²) in [5.41, 5.74) is 7.65. The molecule has 336 valence electrons. The Bertz CT molecular complexity index is 2760. The number of hydrogen-bond acceptors (Lipinski definition) is 6. The van der Waals surface area contributed by atoms with E-state index in [0.717, 1.165) is 72.3 Å². The van der Waals surface area contributed by atoms with Crippen molar-refractivity contribution in [3.63, 3.8) is 0 Å². The molecular weight excluding hydrogens is 811 g/mol. The molecule has 0 N–H and O–H groups in total. The molecule has 6 aromatic carbocycles. The van der Waals surface area contributed by atoms with Crippen LogP contribution >= 0.6 is 0 Å². The molecule has 0 saturated heterocycles. The summed E-state index contributed by atoms with van der Waals surface area (Å²) in [6, 6.07) is 50.0. The number of rotatable bonds is 16. The van der Waals surface area contributed by atoms with Crippen molar-refractivity contribution in [1.82, 2.24) is 0 Å². The molecule has 0 amide bonds. The van der Waals surface area contributed by atoms with Gasteiger partial charge in [0.25, 0.3) is 0 Å². The third kappa shape index (κ3) is 9.06. The van der Waals surface area contributed by atoms with Crippen LogP contribution in [0.15, 0.2) is 167 Å². The number of isocyanates is 3. The summed E-state index contributed by atoms with van der Waals surface area (Å²) in [5.74, 6) is -0.564. The molecule has 0 heterocycles. The van der Waals surface area contributed by atoms with Crippen LogP contribution in [0.1, 0.15) is 156 Å². The summed E-state index contributed by atoms with van der Waals surface area (Å²) >= 11 is 0. The molecule has 0 radical (unpaired) electrons. The molecule has 0 fully saturated rings. The minimum absolute atomic E-state index is 0.564. The molecule has 0 aliphatic rings. The summed E-state index contributed by atoms with van der Waals surface area (Å²) in [6.45, 7) is 30.2. The van der Waals surface area contributed by atoms with Gasteiger partial charge in [-0.3, -0.25) is 0 Å². The van der Waals surface area contributed by atoms with Gasteiger partial charge in [0.05, 0.1) is 16.6 Å². The van der Waals surface area contributed by atoms with Crippen molar-refractivity contribution in [2.24, 2.45) is 15.0 Å². The van der Waals surface area contributed by atoms with E-state index in [9.17, 15) is 14.4 Å². The SMILES string of the molecule is C=C(c1cccc(C(C)(C)N=C=O)c1C(C)(C)c1ccccc1)C(c1cccc(C(C)(C)N=C=O)c1C(C)(C)c1ccccc1)c1cccc(C(C)(C)N=C=O)c1C(C)(C)c1ccccc1. The maximum absolute atomic E-state index is 12.3. The van der Waals surface area contributed by atoms with Crippen molar-refractivity contribution in [3.8, 4) is 0 Å². The van der Waals surface area contributed by atoms with Crippen molar-refractivity contribution >= 4 is 23.8 Å². The molecule has 0 bridgehead atoms. The Labute approximate surface area is 392 Å². The fraction of sp³-hybridized carbons (Fsp3) is 0.317. The molecular formula is C60H63N3O3. The van der Waals surface area contributed by atoms with Gasteiger partial charge in [0, 0.05) is 22.2 Å². The third-order valence-electron chi connectivity index (χ3n) is 13.9. The Morgan fingerprint density at radius 2 is 0.682 bits per heavy atom. The minimum atomic E-state index is -0.975. The standard InChI is InChI=1S/C60H63N3O3/c1-41(45-32-23-35-48(58(8,9)61-38-64)52(45)55(2,3)42-26-17-14-18-27-42)51(46-33-24-36-49(59(10,11)62-39-65)53(46)56(4,5)43-28-19-15-20-29-43)47-34-25-37-50(60(12,13)63-40-66)54(47)57(6,7)44-30-21-16-22-31-44/h14-37,51H,1H2,2-13H3. The first-order valence-corrected chi connectivity index (χ1v) is 22.6. The maximum atomic E-state index is 12.3. The summed E-state index contributed by atoms with van der Waals surface area (Å²) < 4.78 is 0. The number of hydrogen-bond donors (Lipinski definition) is 0. The van der Waals surface area contributed by atoms with Crippen LogP contribution in [0.25, 0.3) is 5.57 Å². The largest absolute Gasteiger partial charge is 0.235 e. The Balaban J connectivity index is 1.90. The van der Waals surface area contributed by atoms with Gasteiger partial charge >= 0.3 is 0 Å². The zero-order valence-corrected chi connectivity index (χ0v) is 40.7. The van der Waals surface area contributed by atoms with Gasteiger partial charge in [-0.05, 0) is 114 Å². The van der Waals surface area contributed by atoms with Crippen LogP contribution in [0.2, 0.25) is 0 Å². The van der Waals surface area contributed by atoms with Gasteiger partial charge in [-0.25, -0.2) is 14.4 Å². The Morgan fingerprint density at radius 1 is 0.394 bits per heavy atom. The fourth-order valence-corrected chi connectivity index (χ4v) is 10.3. The number of allylic oxidation sites excluding steroid dienone is 1. The third-order valence-corrected chi connectivity index (χ3v) is 13.9. The Hall–Kier alpha value is -6.80. The van der Waals surface area contributed by atoms with Gasteiger partial charge in [0.2, 0.25) is 18.2 Å². The smallest absolute Gasteiger partial charge is 0.211 e. The summed E-state index contributed by atoms with van der Waals surface area (Å²) in [5, 5.41) is 0. The first-order chi connectivity index (χ1) is 31.1. The summed E-state index contributed by atoms with van der Waals surface area (Å²) in [4.78, 5) is 50.0. The lowest BCUT2D eigenvalue weighted by Crippen LogP contribution is -2.32. The average molecular weight is 874 g/mol. The average Bonchev–Trinajstić information content (AvgIpc) is 3.29. The van der Waals surface area contributed by atoms with E-state index in [-0.39, 0.29) is 0 Å². The predicted octanol–water partition coefficient (Wildman–Crippen LogP) is 14.2. The van der Waals surface area contributed by atoms with Crippen LogP contribution in [0.3, 0.4) is 0 Å². The van der Waals surface area contributed by atoms with E-state index in [4.69, 9.17) is 6.58 Å². The van der Waals surface area contributed by atoms with Gasteiger partial charge in [-0.2, -0.15) is 15.0 Å². The van der Waals surface area contributed by atoms with E-state index in [1.165, 1.54) is 0 Å². The highest BCUT2D eigenvalue weighted by atomic mass is 16.1. The van der Waals surface area contributed by atoms with Crippen LogP contribution in [-0.4, -0.2) is 18.2 Å². The van der Waals surface area contributed by atoms with Crippen molar-refractivity contribution < 1.29 is 14.4 Å². The molecule has 0 aromatic heterocycles. The number of aliphatic imine (C=N–C) groups is 3. The van der Waals surface area contributed by atoms with E-state index in [1.807, 2.05) is 96.2 Å². The molecule has 0 saturated carbocycles. The van der Waals surface area contributed by atoms with Crippen molar-refractivity contribution in [1.29, 1.82) is 0 Å². The molecule has 0 spiro atoms. The van der Waals surface area contributed by atoms with Gasteiger partial charge < -0.3 is 0 Å². The quantitative estimate of drug-likeness (QED) is 0.0717. The highest BCUT2D eigenvalue weighted by Gasteiger charge is 2.43. The second-order valence-electron chi connectivity index (χ2n) is 20.5. The first-order valence-electron chi connectivity index (χ1n) is 22.6. The molecule has 0 aliphatic carbocycles. The Kier molecular flexibility index (Phi) is 13.7. The topological polar surface area (TPSA) is 88.3 Å². The maximum Gasteiger partial charge on any atom is 0.235 e. The van der Waals surface area contributed by atoms with Gasteiger partial charge in [-0.1, -0.05) is 194 Å². The number of nitrogens with zero attached hydrogens (tertiary/aromatic N) is 3. The minimum Gasteiger partial charge on any atom is -0.211 e. The van der Waals surface area contributed by atoms with E-state index >= 15 is 0 Å². The van der Waals surface area contributed by atoms with Crippen LogP contribution in [0, 0.1) is 0 Å². The Morgan fingerprint density at radius 3 is 1.00 bits per heavy atom. The van der Waals surface area contributed by atoms with Crippen molar-refractivity contribution in [3.05, 3.63) is 219 Å². The van der Waals surface area contributed by atoms with Gasteiger partial charge in [0.15, 0.2) is 0 Å². The van der Waals surface area contributed by atoms with E-state index in [0.29, 0.717) is 0 Å². The van der Waals surface area contributed by atoms with Crippen LogP contribution in [0.4, 0.5) is 0 Å². The van der Waals surface area contributed by atoms with Crippen LogP contribution in [-0.2, 0) is 47.2 Å². The van der Waals surface area contributed by atoms with E-state index in [2.05, 4.69) is 166 Å². The molecule has 0 unspecified atom stereocenters. The van der Waals surface area contributed by atoms with Crippen LogP contribution in [0.5, 0.6) is 0 Å². The highest BCUT2D eigenvalue weighted by Crippen LogP contribution is 2.53. The molecule has 6 aromatic rings. The lowest BCUT2D eigenvalue weighted by Gasteiger charge is -2.41. The van der Waals surface area contributed by atoms with Gasteiger partial charge in [-0.15, -0.1) is 0 Å². The molecule has 6 heteroatoms. The fourth-order valence-electron chi connectivity index (χ4n) is 10.3. The monoisotopic (exact) mass is 873 g/mol. The number of carbonyl (C=O) groups excluding carboxylic acids is 3. The second-order valence-corrected chi connectivity index (χ2v) is 20.5. The van der Waals surface area contributed by atoms with E-state index < -0.39 is 38.8 Å². The second kappa shape index (κ2) is 18.6. The molecule has 6 rings (SSSR count). The molecule has 6 nitrogen and oxygen atoms in total. The zero-order valence-electron chi connectivity index (χ0n) is 40.7. The lowest BCUT2D eigenvalue weighted by atomic mass is 9.63. The van der Waals surface area contributed by atoms with E-state index in [1.54, 1.807) is 0 Å². The lowest BCUT2D eigenvalue weighted by molar-refractivity contribution is 0.502.